The second-order valence-corrected chi connectivity index (χ2v) is 4.51. The van der Waals surface area contributed by atoms with Crippen LogP contribution in [0.1, 0.15) is 27.9 Å². The fraction of sp³-hybridized carbons (Fsp3) is 0.231. The summed E-state index contributed by atoms with van der Waals surface area (Å²) in [4.78, 5) is 15.9. The van der Waals surface area contributed by atoms with E-state index in [-0.39, 0.29) is 17.7 Å². The quantitative estimate of drug-likeness (QED) is 0.884. The number of carbonyl (C=O) groups is 1. The lowest BCUT2D eigenvalue weighted by Crippen LogP contribution is -2.29. The molecule has 1 N–H and O–H groups in total. The molecule has 2 aromatic rings. The van der Waals surface area contributed by atoms with Crippen LogP contribution in [0.25, 0.3) is 0 Å². The van der Waals surface area contributed by atoms with Gasteiger partial charge in [-0.3, -0.25) is 4.79 Å². The average molecular weight is 309 g/mol. The minimum Gasteiger partial charge on any atom is -0.438 e. The summed E-state index contributed by atoms with van der Waals surface area (Å²) in [5, 5.41) is 3.54. The number of carbonyl (C=O) groups excluding carboxylic acids is 1. The van der Waals surface area contributed by atoms with E-state index in [1.807, 2.05) is 30.3 Å². The number of nitrogens with zero attached hydrogens (tertiary/aromatic N) is 1. The SMILES string of the molecule is Cc1ncoc1C(=O)NC(CBr)c1ccccc1. The van der Waals surface area contributed by atoms with Gasteiger partial charge in [-0.2, -0.15) is 0 Å². The summed E-state index contributed by atoms with van der Waals surface area (Å²) in [7, 11) is 0. The Bertz CT molecular complexity index is 525. The Labute approximate surface area is 114 Å². The van der Waals surface area contributed by atoms with Crippen molar-refractivity contribution in [3.63, 3.8) is 0 Å². The number of hydrogen-bond donors (Lipinski definition) is 1. The van der Waals surface area contributed by atoms with Gasteiger partial charge in [-0.25, -0.2) is 4.98 Å². The van der Waals surface area contributed by atoms with Gasteiger partial charge in [-0.1, -0.05) is 46.3 Å². The number of amides is 1. The molecule has 0 fully saturated rings. The predicted octanol–water partition coefficient (Wildman–Crippen LogP) is 2.85. The monoisotopic (exact) mass is 308 g/mol. The highest BCUT2D eigenvalue weighted by molar-refractivity contribution is 9.09. The molecule has 1 atom stereocenters. The van der Waals surface area contributed by atoms with Crippen molar-refractivity contribution in [3.8, 4) is 0 Å². The number of aromatic nitrogens is 1. The highest BCUT2D eigenvalue weighted by Crippen LogP contribution is 2.16. The summed E-state index contributed by atoms with van der Waals surface area (Å²) in [5.41, 5.74) is 1.63. The van der Waals surface area contributed by atoms with Crippen LogP contribution in [0.2, 0.25) is 0 Å². The van der Waals surface area contributed by atoms with Crippen molar-refractivity contribution in [1.82, 2.24) is 10.3 Å². The molecule has 0 bridgehead atoms. The van der Waals surface area contributed by atoms with Crippen molar-refractivity contribution >= 4 is 21.8 Å². The standard InChI is InChI=1S/C13H13BrN2O2/c1-9-12(18-8-15-9)13(17)16-11(7-14)10-5-3-2-4-6-10/h2-6,8,11H,7H2,1H3,(H,16,17). The number of benzene rings is 1. The van der Waals surface area contributed by atoms with Crippen LogP contribution < -0.4 is 5.32 Å². The third kappa shape index (κ3) is 2.79. The van der Waals surface area contributed by atoms with Crippen LogP contribution in [-0.4, -0.2) is 16.2 Å². The fourth-order valence-electron chi connectivity index (χ4n) is 1.64. The maximum absolute atomic E-state index is 12.0. The second-order valence-electron chi connectivity index (χ2n) is 3.86. The van der Waals surface area contributed by atoms with Gasteiger partial charge in [0.15, 0.2) is 6.39 Å². The molecular formula is C13H13BrN2O2. The van der Waals surface area contributed by atoms with Gasteiger partial charge >= 0.3 is 0 Å². The number of halogens is 1. The van der Waals surface area contributed by atoms with Crippen LogP contribution in [-0.2, 0) is 0 Å². The van der Waals surface area contributed by atoms with Crippen LogP contribution in [0.3, 0.4) is 0 Å². The number of nitrogens with one attached hydrogen (secondary N) is 1. The van der Waals surface area contributed by atoms with Gasteiger partial charge < -0.3 is 9.73 Å². The van der Waals surface area contributed by atoms with E-state index in [2.05, 4.69) is 26.2 Å². The number of rotatable bonds is 4. The van der Waals surface area contributed by atoms with Gasteiger partial charge in [0, 0.05) is 5.33 Å². The third-order valence-electron chi connectivity index (χ3n) is 2.61. The Morgan fingerprint density at radius 3 is 2.72 bits per heavy atom. The van der Waals surface area contributed by atoms with E-state index in [4.69, 9.17) is 4.42 Å². The van der Waals surface area contributed by atoms with Crippen molar-refractivity contribution in [3.05, 3.63) is 53.7 Å². The molecule has 1 unspecified atom stereocenters. The Morgan fingerprint density at radius 2 is 2.17 bits per heavy atom. The smallest absolute Gasteiger partial charge is 0.289 e. The summed E-state index contributed by atoms with van der Waals surface area (Å²) in [6.45, 7) is 1.74. The van der Waals surface area contributed by atoms with E-state index in [0.29, 0.717) is 11.0 Å². The topological polar surface area (TPSA) is 55.1 Å². The first-order valence-electron chi connectivity index (χ1n) is 5.54. The van der Waals surface area contributed by atoms with Gasteiger partial charge in [0.2, 0.25) is 5.76 Å². The second kappa shape index (κ2) is 5.82. The average Bonchev–Trinajstić information content (AvgIpc) is 2.83. The maximum atomic E-state index is 12.0. The minimum absolute atomic E-state index is 0.0943. The Morgan fingerprint density at radius 1 is 1.44 bits per heavy atom. The van der Waals surface area contributed by atoms with Crippen LogP contribution in [0.15, 0.2) is 41.1 Å². The first kappa shape index (κ1) is 12.8. The van der Waals surface area contributed by atoms with Gasteiger partial charge in [0.1, 0.15) is 0 Å². The van der Waals surface area contributed by atoms with E-state index in [9.17, 15) is 4.79 Å². The molecule has 0 aliphatic carbocycles. The summed E-state index contributed by atoms with van der Waals surface area (Å²) in [6.07, 6.45) is 1.27. The zero-order valence-electron chi connectivity index (χ0n) is 9.89. The van der Waals surface area contributed by atoms with Crippen LogP contribution in [0.4, 0.5) is 0 Å². The molecular weight excluding hydrogens is 296 g/mol. The van der Waals surface area contributed by atoms with Gasteiger partial charge in [0.05, 0.1) is 11.7 Å². The number of aryl methyl sites for hydroxylation is 1. The molecule has 1 aromatic heterocycles. The zero-order valence-corrected chi connectivity index (χ0v) is 11.5. The highest BCUT2D eigenvalue weighted by Gasteiger charge is 2.18. The summed E-state index contributed by atoms with van der Waals surface area (Å²) < 4.78 is 5.07. The molecule has 18 heavy (non-hydrogen) atoms. The highest BCUT2D eigenvalue weighted by atomic mass is 79.9. The molecule has 1 aromatic carbocycles. The van der Waals surface area contributed by atoms with E-state index < -0.39 is 0 Å². The van der Waals surface area contributed by atoms with Crippen molar-refractivity contribution in [1.29, 1.82) is 0 Å². The molecule has 4 nitrogen and oxygen atoms in total. The van der Waals surface area contributed by atoms with Gasteiger partial charge in [-0.15, -0.1) is 0 Å². The Balaban J connectivity index is 2.13. The number of alkyl halides is 1. The van der Waals surface area contributed by atoms with Crippen LogP contribution >= 0.6 is 15.9 Å². The van der Waals surface area contributed by atoms with E-state index in [0.717, 1.165) is 5.56 Å². The molecule has 0 saturated heterocycles. The predicted molar refractivity (Wildman–Crippen MR) is 71.7 cm³/mol. The first-order chi connectivity index (χ1) is 8.72. The summed E-state index contributed by atoms with van der Waals surface area (Å²) in [5.74, 6) is 0.00943. The van der Waals surface area contributed by atoms with Crippen molar-refractivity contribution in [2.24, 2.45) is 0 Å². The lowest BCUT2D eigenvalue weighted by atomic mass is 10.1. The van der Waals surface area contributed by atoms with Crippen LogP contribution in [0, 0.1) is 6.92 Å². The lowest BCUT2D eigenvalue weighted by Gasteiger charge is -2.15. The van der Waals surface area contributed by atoms with Crippen molar-refractivity contribution < 1.29 is 9.21 Å². The molecule has 5 heteroatoms. The molecule has 0 aliphatic rings. The lowest BCUT2D eigenvalue weighted by molar-refractivity contribution is 0.0912. The molecule has 1 amide bonds. The Kier molecular flexibility index (Phi) is 4.15. The first-order valence-corrected chi connectivity index (χ1v) is 6.66. The largest absolute Gasteiger partial charge is 0.438 e. The Hall–Kier alpha value is -1.62. The molecule has 0 aliphatic heterocycles. The van der Waals surface area contributed by atoms with Crippen molar-refractivity contribution in [2.75, 3.05) is 5.33 Å². The maximum Gasteiger partial charge on any atom is 0.289 e. The molecule has 94 valence electrons. The zero-order chi connectivity index (χ0) is 13.0. The molecule has 1 heterocycles. The number of oxazole rings is 1. The summed E-state index contributed by atoms with van der Waals surface area (Å²) in [6, 6.07) is 9.67. The van der Waals surface area contributed by atoms with Gasteiger partial charge in [0.25, 0.3) is 5.91 Å². The van der Waals surface area contributed by atoms with Crippen molar-refractivity contribution in [2.45, 2.75) is 13.0 Å². The number of hydrogen-bond acceptors (Lipinski definition) is 3. The minimum atomic E-state index is -0.252. The molecule has 2 rings (SSSR count). The molecule has 0 radical (unpaired) electrons. The van der Waals surface area contributed by atoms with E-state index >= 15 is 0 Å². The van der Waals surface area contributed by atoms with E-state index in [1.165, 1.54) is 6.39 Å². The summed E-state index contributed by atoms with van der Waals surface area (Å²) >= 11 is 3.40. The fourth-order valence-corrected chi connectivity index (χ4v) is 2.18. The molecule has 0 spiro atoms. The normalized spacial score (nSPS) is 12.1. The van der Waals surface area contributed by atoms with Crippen LogP contribution in [0.5, 0.6) is 0 Å². The van der Waals surface area contributed by atoms with Gasteiger partial charge in [-0.05, 0) is 12.5 Å². The molecule has 0 saturated carbocycles. The third-order valence-corrected chi connectivity index (χ3v) is 3.26. The van der Waals surface area contributed by atoms with E-state index in [1.54, 1.807) is 6.92 Å².